The molecule has 1 saturated heterocycles. The quantitative estimate of drug-likeness (QED) is 0.816. The summed E-state index contributed by atoms with van der Waals surface area (Å²) in [6.07, 6.45) is 4.55. The number of aromatic nitrogens is 2. The van der Waals surface area contributed by atoms with Crippen LogP contribution in [0.4, 0.5) is 0 Å². The number of nitrogens with zero attached hydrogens (tertiary/aromatic N) is 4. The molecule has 1 fully saturated rings. The first kappa shape index (κ1) is 17.2. The first-order chi connectivity index (χ1) is 11.5. The number of piperidine rings is 1. The van der Waals surface area contributed by atoms with Crippen LogP contribution in [0.5, 0.6) is 0 Å². The average molecular weight is 330 g/mol. The van der Waals surface area contributed by atoms with Crippen LogP contribution in [0.3, 0.4) is 0 Å². The van der Waals surface area contributed by atoms with E-state index in [1.54, 1.807) is 0 Å². The molecule has 0 spiro atoms. The Balaban J connectivity index is 1.42. The van der Waals surface area contributed by atoms with E-state index in [2.05, 4.69) is 41.0 Å². The lowest BCUT2D eigenvalue weighted by atomic mass is 9.96. The van der Waals surface area contributed by atoms with Gasteiger partial charge in [0.25, 0.3) is 0 Å². The van der Waals surface area contributed by atoms with Gasteiger partial charge in [0.05, 0.1) is 12.7 Å². The van der Waals surface area contributed by atoms with Gasteiger partial charge in [-0.25, -0.2) is 0 Å². The summed E-state index contributed by atoms with van der Waals surface area (Å²) in [6.45, 7) is 9.60. The molecule has 1 aliphatic heterocycles. The van der Waals surface area contributed by atoms with Crippen molar-refractivity contribution in [3.8, 4) is 0 Å². The number of hydrogen-bond acceptors (Lipinski definition) is 4. The van der Waals surface area contributed by atoms with Gasteiger partial charge >= 0.3 is 0 Å². The van der Waals surface area contributed by atoms with E-state index >= 15 is 0 Å². The Morgan fingerprint density at radius 3 is 2.58 bits per heavy atom. The Labute approximate surface area is 145 Å². The van der Waals surface area contributed by atoms with Crippen molar-refractivity contribution in [1.29, 1.82) is 0 Å². The third-order valence-electron chi connectivity index (χ3n) is 5.23. The smallest absolute Gasteiger partial charge is 0.118 e. The Bertz CT molecular complexity index is 652. The van der Waals surface area contributed by atoms with Gasteiger partial charge in [-0.3, -0.25) is 9.58 Å². The lowest BCUT2D eigenvalue weighted by Gasteiger charge is -2.33. The molecule has 3 rings (SSSR count). The van der Waals surface area contributed by atoms with Gasteiger partial charge in [-0.1, -0.05) is 0 Å². The fourth-order valence-electron chi connectivity index (χ4n) is 3.61. The lowest BCUT2D eigenvalue weighted by molar-refractivity contribution is 0.140. The summed E-state index contributed by atoms with van der Waals surface area (Å²) in [5.41, 5.74) is 2.61. The fraction of sp³-hybridized carbons (Fsp3) is 0.632. The van der Waals surface area contributed by atoms with Crippen LogP contribution in [0.15, 0.2) is 22.7 Å². The van der Waals surface area contributed by atoms with E-state index in [1.165, 1.54) is 43.7 Å². The maximum absolute atomic E-state index is 5.70. The number of furan rings is 1. The van der Waals surface area contributed by atoms with Crippen LogP contribution in [-0.2, 0) is 20.1 Å². The molecule has 1 aliphatic rings. The van der Waals surface area contributed by atoms with Crippen LogP contribution in [-0.4, -0.2) is 46.3 Å². The van der Waals surface area contributed by atoms with E-state index in [-0.39, 0.29) is 0 Å². The molecule has 2 aromatic rings. The van der Waals surface area contributed by atoms with Crippen LogP contribution in [0.25, 0.3) is 0 Å². The minimum atomic E-state index is 0.793. The summed E-state index contributed by atoms with van der Waals surface area (Å²) in [6, 6.07) is 4.16. The van der Waals surface area contributed by atoms with E-state index in [9.17, 15) is 0 Å². The molecule has 0 radical (unpaired) electrons. The molecule has 3 heterocycles. The maximum atomic E-state index is 5.70. The summed E-state index contributed by atoms with van der Waals surface area (Å²) in [5, 5.41) is 4.34. The van der Waals surface area contributed by atoms with Crippen LogP contribution >= 0.6 is 0 Å². The van der Waals surface area contributed by atoms with Gasteiger partial charge in [0.15, 0.2) is 0 Å². The molecule has 0 N–H and O–H groups in total. The first-order valence-electron chi connectivity index (χ1n) is 8.95. The molecular weight excluding hydrogens is 300 g/mol. The zero-order valence-corrected chi connectivity index (χ0v) is 15.5. The second-order valence-corrected chi connectivity index (χ2v) is 7.31. The molecule has 24 heavy (non-hydrogen) atoms. The van der Waals surface area contributed by atoms with Crippen molar-refractivity contribution in [2.45, 2.75) is 39.8 Å². The van der Waals surface area contributed by atoms with Crippen molar-refractivity contribution in [3.63, 3.8) is 0 Å². The standard InChI is InChI=1S/C19H30N4O/c1-15-5-6-19(24-15)14-23-9-7-17(8-10-23)12-21(3)13-18-11-20-22(4)16(18)2/h5-6,11,17H,7-10,12-14H2,1-4H3. The monoisotopic (exact) mass is 330 g/mol. The molecule has 132 valence electrons. The van der Waals surface area contributed by atoms with E-state index in [4.69, 9.17) is 4.42 Å². The van der Waals surface area contributed by atoms with E-state index in [1.807, 2.05) is 24.9 Å². The van der Waals surface area contributed by atoms with Gasteiger partial charge in [-0.2, -0.15) is 5.10 Å². The molecule has 0 amide bonds. The predicted molar refractivity (Wildman–Crippen MR) is 95.7 cm³/mol. The van der Waals surface area contributed by atoms with E-state index in [0.29, 0.717) is 0 Å². The number of hydrogen-bond donors (Lipinski definition) is 0. The van der Waals surface area contributed by atoms with Gasteiger partial charge in [0, 0.05) is 31.4 Å². The minimum absolute atomic E-state index is 0.793. The largest absolute Gasteiger partial charge is 0.465 e. The highest BCUT2D eigenvalue weighted by atomic mass is 16.3. The van der Waals surface area contributed by atoms with Gasteiger partial charge in [-0.05, 0) is 64.9 Å². The lowest BCUT2D eigenvalue weighted by Crippen LogP contribution is -2.37. The molecule has 0 bridgehead atoms. The van der Waals surface area contributed by atoms with Crippen molar-refractivity contribution >= 4 is 0 Å². The van der Waals surface area contributed by atoms with Gasteiger partial charge in [0.2, 0.25) is 0 Å². The van der Waals surface area contributed by atoms with Gasteiger partial charge in [0.1, 0.15) is 11.5 Å². The summed E-state index contributed by atoms with van der Waals surface area (Å²) in [7, 11) is 4.24. The SMILES string of the molecule is Cc1ccc(CN2CCC(CN(C)Cc3cnn(C)c3C)CC2)o1. The normalized spacial score (nSPS) is 17.0. The van der Waals surface area contributed by atoms with Crippen LogP contribution in [0.1, 0.15) is 35.6 Å². The topological polar surface area (TPSA) is 37.4 Å². The first-order valence-corrected chi connectivity index (χ1v) is 8.95. The third-order valence-corrected chi connectivity index (χ3v) is 5.23. The Morgan fingerprint density at radius 2 is 2.00 bits per heavy atom. The van der Waals surface area contributed by atoms with Gasteiger partial charge < -0.3 is 9.32 Å². The summed E-state index contributed by atoms with van der Waals surface area (Å²) in [4.78, 5) is 4.96. The second-order valence-electron chi connectivity index (χ2n) is 7.31. The Hall–Kier alpha value is -1.59. The molecule has 0 saturated carbocycles. The van der Waals surface area contributed by atoms with Crippen LogP contribution < -0.4 is 0 Å². The van der Waals surface area contributed by atoms with E-state index in [0.717, 1.165) is 30.5 Å². The van der Waals surface area contributed by atoms with Crippen molar-refractivity contribution in [1.82, 2.24) is 19.6 Å². The van der Waals surface area contributed by atoms with Crippen LogP contribution in [0, 0.1) is 19.8 Å². The van der Waals surface area contributed by atoms with Crippen molar-refractivity contribution in [2.24, 2.45) is 13.0 Å². The highest BCUT2D eigenvalue weighted by Crippen LogP contribution is 2.21. The molecular formula is C19H30N4O. The number of aryl methyl sites for hydroxylation is 2. The fourth-order valence-corrected chi connectivity index (χ4v) is 3.61. The highest BCUT2D eigenvalue weighted by molar-refractivity contribution is 5.15. The summed E-state index contributed by atoms with van der Waals surface area (Å²) >= 11 is 0. The summed E-state index contributed by atoms with van der Waals surface area (Å²) in [5.74, 6) is 2.89. The molecule has 0 aromatic carbocycles. The minimum Gasteiger partial charge on any atom is -0.465 e. The molecule has 0 aliphatic carbocycles. The molecule has 0 unspecified atom stereocenters. The second kappa shape index (κ2) is 7.53. The van der Waals surface area contributed by atoms with Crippen molar-refractivity contribution in [2.75, 3.05) is 26.7 Å². The van der Waals surface area contributed by atoms with E-state index < -0.39 is 0 Å². The van der Waals surface area contributed by atoms with Crippen molar-refractivity contribution < 1.29 is 4.42 Å². The molecule has 5 heteroatoms. The molecule has 0 atom stereocenters. The van der Waals surface area contributed by atoms with Crippen molar-refractivity contribution in [3.05, 3.63) is 41.1 Å². The highest BCUT2D eigenvalue weighted by Gasteiger charge is 2.21. The zero-order valence-electron chi connectivity index (χ0n) is 15.5. The van der Waals surface area contributed by atoms with Crippen LogP contribution in [0.2, 0.25) is 0 Å². The summed E-state index contributed by atoms with van der Waals surface area (Å²) < 4.78 is 7.66. The molecule has 5 nitrogen and oxygen atoms in total. The number of rotatable bonds is 6. The predicted octanol–water partition coefficient (Wildman–Crippen LogP) is 2.97. The average Bonchev–Trinajstić information content (AvgIpc) is 3.09. The van der Waals surface area contributed by atoms with Gasteiger partial charge in [-0.15, -0.1) is 0 Å². The Morgan fingerprint density at radius 1 is 1.25 bits per heavy atom. The zero-order chi connectivity index (χ0) is 17.1. The Kier molecular flexibility index (Phi) is 5.41. The maximum Gasteiger partial charge on any atom is 0.118 e. The third kappa shape index (κ3) is 4.28. The number of likely N-dealkylation sites (tertiary alicyclic amines) is 1. The molecule has 2 aromatic heterocycles.